The molecule has 0 saturated carbocycles. The molecular weight excluding hydrogens is 1410 g/mol. The van der Waals surface area contributed by atoms with Crippen molar-refractivity contribution in [3.05, 3.63) is 29.8 Å². The second-order valence-electron chi connectivity index (χ2n) is 26.5. The number of aliphatic hydroxyl groups is 1. The molecule has 1 aromatic rings. The standard InChI is InChI=1S/C66H113N21O18S/c1-36(2)27-44(82-60(99)43(15-7-10-24-69)81-63(102)50-17-12-26-87(50)64(103)40(70)13-5-8-22-67)55(94)75-33-54(93)80-45(28-37(3)4)61(100)85-48(34-88)57(96)77-32-53(92)78-41(14-6-9-23-68)58(97)84-47(30-51(71)90)62(101)83-46(29-38-18-20-39(89)21-19-38)56(95)76-31-52(91)79-42(16-11-25-74-66(72)73)59(98)86-49(35-106)65(104)105/h18-21,36-37,40-50,88-89,106H,5-17,22-35,67-70H2,1-4H3,(H2,71,90)(H,75,94)(H,76,95)(H,77,96)(H,78,92)(H,79,91)(H,80,93)(H,81,102)(H,82,99)(H,83,101)(H,84,97)(H,85,100)(H,86,98)(H,104,105)(H4,72,73,74)/t40-,41-,42-,43-,44-,45-,46-,47-,48-,49-,50-/m0/s1. The monoisotopic (exact) mass is 1520 g/mol. The zero-order valence-corrected chi connectivity index (χ0v) is 61.6. The number of carbonyl (C=O) groups is 15. The molecule has 1 heterocycles. The van der Waals surface area contributed by atoms with Crippen LogP contribution in [0.5, 0.6) is 5.75 Å². The fourth-order valence-electron chi connectivity index (χ4n) is 11.0. The lowest BCUT2D eigenvalue weighted by Crippen LogP contribution is -2.59. The zero-order valence-electron chi connectivity index (χ0n) is 60.8. The molecule has 1 aliphatic rings. The van der Waals surface area contributed by atoms with E-state index < -0.39 is 182 Å². The lowest BCUT2D eigenvalue weighted by Gasteiger charge is -2.29. The van der Waals surface area contributed by atoms with Crippen LogP contribution in [0.25, 0.3) is 0 Å². The number of hydrogen-bond acceptors (Lipinski definition) is 23. The number of nitrogens with one attached hydrogen (secondary N) is 12. The third-order valence-electron chi connectivity index (χ3n) is 16.5. The molecule has 0 radical (unpaired) electrons. The van der Waals surface area contributed by atoms with E-state index in [4.69, 9.17) is 40.1 Å². The number of nitrogens with two attached hydrogens (primary N) is 7. The van der Waals surface area contributed by atoms with Crippen LogP contribution in [0.4, 0.5) is 0 Å². The number of unbranched alkanes of at least 4 members (excludes halogenated alkanes) is 3. The Kier molecular flexibility index (Phi) is 43.7. The maximum atomic E-state index is 14.1. The van der Waals surface area contributed by atoms with Crippen LogP contribution >= 0.6 is 12.6 Å². The normalized spacial score (nSPS) is 15.4. The van der Waals surface area contributed by atoms with Gasteiger partial charge in [0.1, 0.15) is 66.2 Å². The first-order valence-electron chi connectivity index (χ1n) is 35.4. The molecule has 2 rings (SSSR count). The average molecular weight is 1520 g/mol. The number of primary amides is 1. The number of aliphatic hydroxyl groups excluding tert-OH is 1. The number of phenolic OH excluding ortho intramolecular Hbond substituents is 1. The Morgan fingerprint density at radius 1 is 0.519 bits per heavy atom. The Balaban J connectivity index is 2.23. The first-order chi connectivity index (χ1) is 50.2. The first-order valence-corrected chi connectivity index (χ1v) is 36.1. The molecule has 0 aromatic heterocycles. The maximum absolute atomic E-state index is 14.1. The molecule has 40 heteroatoms. The van der Waals surface area contributed by atoms with Crippen LogP contribution in [-0.2, 0) is 78.3 Å². The topological polar surface area (TPSA) is 659 Å². The van der Waals surface area contributed by atoms with Gasteiger partial charge in [-0.15, -0.1) is 0 Å². The molecule has 596 valence electrons. The molecule has 1 saturated heterocycles. The number of guanidine groups is 1. The van der Waals surface area contributed by atoms with Crippen LogP contribution in [0.1, 0.15) is 136 Å². The van der Waals surface area contributed by atoms with Gasteiger partial charge >= 0.3 is 5.97 Å². The number of carbonyl (C=O) groups excluding carboxylic acids is 14. The summed E-state index contributed by atoms with van der Waals surface area (Å²) < 4.78 is 0. The van der Waals surface area contributed by atoms with Crippen molar-refractivity contribution in [3.8, 4) is 5.75 Å². The number of aromatic hydroxyl groups is 1. The minimum atomic E-state index is -1.84. The van der Waals surface area contributed by atoms with Crippen molar-refractivity contribution in [1.82, 2.24) is 68.7 Å². The highest BCUT2D eigenvalue weighted by atomic mass is 32.1. The highest BCUT2D eigenvalue weighted by molar-refractivity contribution is 7.80. The third-order valence-corrected chi connectivity index (χ3v) is 16.9. The first kappa shape index (κ1) is 92.6. The predicted molar refractivity (Wildman–Crippen MR) is 391 cm³/mol. The van der Waals surface area contributed by atoms with Crippen LogP contribution in [0, 0.1) is 11.8 Å². The molecule has 14 amide bonds. The Morgan fingerprint density at radius 3 is 1.39 bits per heavy atom. The number of hydrogen-bond donors (Lipinski definition) is 23. The molecule has 0 spiro atoms. The fraction of sp³-hybridized carbons (Fsp3) is 0.667. The molecule has 1 fully saturated rings. The molecule has 11 atom stereocenters. The summed E-state index contributed by atoms with van der Waals surface area (Å²) in [5.41, 5.74) is 39.9. The van der Waals surface area contributed by atoms with E-state index >= 15 is 0 Å². The minimum Gasteiger partial charge on any atom is -0.508 e. The van der Waals surface area contributed by atoms with Crippen LogP contribution in [0.3, 0.4) is 0 Å². The molecule has 29 N–H and O–H groups in total. The van der Waals surface area contributed by atoms with Gasteiger partial charge in [-0.25, -0.2) is 4.79 Å². The van der Waals surface area contributed by atoms with Gasteiger partial charge in [0.2, 0.25) is 82.7 Å². The second kappa shape index (κ2) is 50.1. The van der Waals surface area contributed by atoms with Crippen LogP contribution in [0.2, 0.25) is 0 Å². The van der Waals surface area contributed by atoms with Crippen molar-refractivity contribution in [2.24, 2.45) is 57.0 Å². The Morgan fingerprint density at radius 2 is 0.925 bits per heavy atom. The quantitative estimate of drug-likeness (QED) is 0.0125. The molecule has 1 aromatic carbocycles. The number of carboxylic acid groups (broad SMARTS) is 1. The molecule has 1 aliphatic heterocycles. The van der Waals surface area contributed by atoms with E-state index in [0.29, 0.717) is 76.6 Å². The van der Waals surface area contributed by atoms with Crippen LogP contribution in [-0.4, -0.2) is 246 Å². The van der Waals surface area contributed by atoms with Gasteiger partial charge in [-0.3, -0.25) is 72.1 Å². The molecule has 39 nitrogen and oxygen atoms in total. The molecular formula is C66H113N21O18S. The van der Waals surface area contributed by atoms with Crippen molar-refractivity contribution in [2.75, 3.05) is 64.7 Å². The van der Waals surface area contributed by atoms with Crippen LogP contribution < -0.4 is 104 Å². The number of phenols is 1. The maximum Gasteiger partial charge on any atom is 0.327 e. The number of nitrogens with zero attached hydrogens (tertiary/aromatic N) is 2. The summed E-state index contributed by atoms with van der Waals surface area (Å²) in [6.07, 6.45) is 2.93. The van der Waals surface area contributed by atoms with E-state index in [2.05, 4.69) is 81.4 Å². The summed E-state index contributed by atoms with van der Waals surface area (Å²) in [7, 11) is 0. The number of rotatable bonds is 52. The van der Waals surface area contributed by atoms with Gasteiger partial charge in [-0.2, -0.15) is 12.6 Å². The third kappa shape index (κ3) is 36.0. The molecule has 0 aliphatic carbocycles. The van der Waals surface area contributed by atoms with E-state index in [0.717, 1.165) is 0 Å². The van der Waals surface area contributed by atoms with E-state index in [1.165, 1.54) is 29.2 Å². The number of thiol groups is 1. The van der Waals surface area contributed by atoms with E-state index in [1.807, 2.05) is 0 Å². The number of likely N-dealkylation sites (tertiary alicyclic amines) is 1. The Labute approximate surface area is 621 Å². The van der Waals surface area contributed by atoms with Gasteiger partial charge in [0.05, 0.1) is 38.7 Å². The average Bonchev–Trinajstić information content (AvgIpc) is 1.59. The largest absolute Gasteiger partial charge is 0.508 e. The van der Waals surface area contributed by atoms with Crippen molar-refractivity contribution in [2.45, 2.75) is 203 Å². The highest BCUT2D eigenvalue weighted by Crippen LogP contribution is 2.21. The van der Waals surface area contributed by atoms with Gasteiger partial charge < -0.3 is 124 Å². The van der Waals surface area contributed by atoms with E-state index in [9.17, 15) is 87.2 Å². The highest BCUT2D eigenvalue weighted by Gasteiger charge is 2.39. The summed E-state index contributed by atoms with van der Waals surface area (Å²) in [6, 6.07) is -9.57. The number of carboxylic acids is 1. The minimum absolute atomic E-state index is 0.0218. The zero-order chi connectivity index (χ0) is 79.6. The Bertz CT molecular complexity index is 3110. The van der Waals surface area contributed by atoms with Gasteiger partial charge in [0.15, 0.2) is 5.96 Å². The number of aliphatic imine (C=N–C) groups is 1. The lowest BCUT2D eigenvalue weighted by atomic mass is 10.0. The summed E-state index contributed by atoms with van der Waals surface area (Å²) in [4.78, 5) is 207. The van der Waals surface area contributed by atoms with Crippen molar-refractivity contribution in [1.29, 1.82) is 0 Å². The molecule has 0 unspecified atom stereocenters. The number of aliphatic carboxylic acids is 1. The van der Waals surface area contributed by atoms with Crippen molar-refractivity contribution >= 4 is 107 Å². The summed E-state index contributed by atoms with van der Waals surface area (Å²) >= 11 is 3.94. The van der Waals surface area contributed by atoms with Crippen molar-refractivity contribution in [3.63, 3.8) is 0 Å². The number of amides is 14. The molecule has 106 heavy (non-hydrogen) atoms. The van der Waals surface area contributed by atoms with Crippen LogP contribution in [0.15, 0.2) is 29.3 Å². The van der Waals surface area contributed by atoms with Gasteiger partial charge in [-0.1, -0.05) is 46.2 Å². The number of benzene rings is 1. The van der Waals surface area contributed by atoms with E-state index in [1.54, 1.807) is 27.7 Å². The molecule has 0 bridgehead atoms. The summed E-state index contributed by atoms with van der Waals surface area (Å²) in [5, 5.41) is 59.0. The van der Waals surface area contributed by atoms with Crippen molar-refractivity contribution < 1.29 is 87.2 Å². The summed E-state index contributed by atoms with van der Waals surface area (Å²) in [6.45, 7) is 4.81. The smallest absolute Gasteiger partial charge is 0.327 e. The van der Waals surface area contributed by atoms with Gasteiger partial charge in [-0.05, 0) is 139 Å². The fourth-order valence-corrected chi connectivity index (χ4v) is 11.2. The lowest BCUT2D eigenvalue weighted by molar-refractivity contribution is -0.141. The van der Waals surface area contributed by atoms with Gasteiger partial charge in [0.25, 0.3) is 0 Å². The SMILES string of the molecule is CC(C)C[C@H](NC(=O)CNC(=O)[C@H](CC(C)C)NC(=O)[C@H](CCCCN)NC(=O)[C@@H]1CCCN1C(=O)[C@@H](N)CCCCN)C(=O)N[C@@H](CO)C(=O)NCC(=O)N[C@@H](CCCCN)C(=O)N[C@@H](CC(N)=O)C(=O)N[C@@H](Cc1ccc(O)cc1)C(=O)NCC(=O)N[C@@H](CCCN=C(N)N)C(=O)N[C@@H](CS)C(=O)O. The predicted octanol–water partition coefficient (Wildman–Crippen LogP) is -7.62. The Hall–Kier alpha value is -9.51. The van der Waals surface area contributed by atoms with Gasteiger partial charge in [0, 0.05) is 25.3 Å². The summed E-state index contributed by atoms with van der Waals surface area (Å²) in [5.74, 6) is -15.2. The van der Waals surface area contributed by atoms with E-state index in [-0.39, 0.29) is 99.7 Å². The second-order valence-corrected chi connectivity index (χ2v) is 26.8.